The van der Waals surface area contributed by atoms with Gasteiger partial charge < -0.3 is 29.5 Å². The molecule has 57 heavy (non-hydrogen) atoms. The number of nitriles is 1. The lowest BCUT2D eigenvalue weighted by atomic mass is 9.85. The lowest BCUT2D eigenvalue weighted by Crippen LogP contribution is -2.47. The van der Waals surface area contributed by atoms with Crippen LogP contribution in [-0.2, 0) is 32.6 Å². The lowest BCUT2D eigenvalue weighted by molar-refractivity contribution is -0.137. The van der Waals surface area contributed by atoms with E-state index in [-0.39, 0.29) is 83.4 Å². The number of aryl methyl sites for hydroxylation is 1. The predicted molar refractivity (Wildman–Crippen MR) is 194 cm³/mol. The van der Waals surface area contributed by atoms with Gasteiger partial charge in [-0.1, -0.05) is 17.7 Å². The summed E-state index contributed by atoms with van der Waals surface area (Å²) in [5, 5.41) is 26.8. The number of carbonyl (C=O) groups excluding carboxylic acids is 3. The molecular weight excluding hydrogens is 773 g/mol. The summed E-state index contributed by atoms with van der Waals surface area (Å²) in [6.45, 7) is 3.54. The van der Waals surface area contributed by atoms with E-state index in [0.717, 1.165) is 16.6 Å². The van der Waals surface area contributed by atoms with Gasteiger partial charge in [0.05, 0.1) is 45.4 Å². The quantitative estimate of drug-likeness (QED) is 0.284. The number of nitrogens with zero attached hydrogens (tertiary/aromatic N) is 9. The average Bonchev–Trinajstić information content (AvgIpc) is 3.77. The van der Waals surface area contributed by atoms with Crippen molar-refractivity contribution < 1.29 is 37.4 Å². The van der Waals surface area contributed by atoms with Gasteiger partial charge in [0.2, 0.25) is 17.6 Å². The molecule has 16 nitrogen and oxygen atoms in total. The number of ether oxygens (including phenoxy) is 1. The highest BCUT2D eigenvalue weighted by molar-refractivity contribution is 6.33. The molecule has 2 N–H and O–H groups in total. The molecule has 1 aromatic carbocycles. The van der Waals surface area contributed by atoms with E-state index in [4.69, 9.17) is 21.3 Å². The topological polar surface area (TPSA) is 201 Å². The van der Waals surface area contributed by atoms with Gasteiger partial charge in [-0.15, -0.1) is 5.10 Å². The van der Waals surface area contributed by atoms with Crippen molar-refractivity contribution in [3.05, 3.63) is 80.0 Å². The van der Waals surface area contributed by atoms with Crippen LogP contribution in [0.5, 0.6) is 5.75 Å². The highest BCUT2D eigenvalue weighted by atomic mass is 35.5. The van der Waals surface area contributed by atoms with Crippen LogP contribution in [0.15, 0.2) is 35.4 Å². The summed E-state index contributed by atoms with van der Waals surface area (Å²) in [6, 6.07) is 4.68. The molecule has 3 aliphatic heterocycles. The van der Waals surface area contributed by atoms with E-state index < -0.39 is 52.8 Å². The number of hydrogen-bond acceptors (Lipinski definition) is 11. The second kappa shape index (κ2) is 13.7. The van der Waals surface area contributed by atoms with E-state index >= 15 is 0 Å². The zero-order valence-electron chi connectivity index (χ0n) is 30.6. The number of aromatic nitrogens is 6. The standard InChI is InChI=1S/C37H34ClF3N10O6/c1-19-29(53)27(44-18-43-19)32(55)48-13-9-36(10-14-48)26-28(20(2)57-36)50(16-25(52)45-24-4-3-22(15-23(24)38)37(39,40)41)34-46-30(47-51(34)31(26)54)21-5-11-49(12-6-21)33(56)35(17-42)7-8-35/h3-5,15,18,20,53H,6-14,16H2,1-2H3,(H,45,52)/t20-/m1/s1. The van der Waals surface area contributed by atoms with Crippen LogP contribution in [0.1, 0.15) is 84.0 Å². The zero-order valence-corrected chi connectivity index (χ0v) is 31.3. The van der Waals surface area contributed by atoms with E-state index in [0.29, 0.717) is 43.1 Å². The fourth-order valence-electron chi connectivity index (χ4n) is 7.86. The van der Waals surface area contributed by atoms with Crippen molar-refractivity contribution in [2.75, 3.05) is 31.5 Å². The van der Waals surface area contributed by atoms with Gasteiger partial charge in [-0.2, -0.15) is 27.9 Å². The van der Waals surface area contributed by atoms with Crippen molar-refractivity contribution in [1.82, 2.24) is 38.9 Å². The molecule has 0 radical (unpaired) electrons. The minimum absolute atomic E-state index is 0.00189. The van der Waals surface area contributed by atoms with Crippen molar-refractivity contribution in [3.63, 3.8) is 0 Å². The van der Waals surface area contributed by atoms with E-state index in [1.54, 1.807) is 24.8 Å². The molecule has 0 bridgehead atoms. The summed E-state index contributed by atoms with van der Waals surface area (Å²) in [7, 11) is 0. The van der Waals surface area contributed by atoms with E-state index in [1.807, 2.05) is 0 Å². The molecule has 3 aromatic heterocycles. The number of halogens is 4. The van der Waals surface area contributed by atoms with Gasteiger partial charge in [-0.25, -0.2) is 9.97 Å². The molecule has 4 aliphatic rings. The molecular formula is C37H34ClF3N10O6. The molecule has 4 aromatic rings. The summed E-state index contributed by atoms with van der Waals surface area (Å²) in [6.07, 6.45) is -0.772. The van der Waals surface area contributed by atoms with Gasteiger partial charge in [0.1, 0.15) is 23.9 Å². The second-order valence-corrected chi connectivity index (χ2v) is 15.1. The first-order valence-electron chi connectivity index (χ1n) is 18.1. The molecule has 1 atom stereocenters. The molecule has 0 unspecified atom stereocenters. The number of aromatic hydroxyl groups is 1. The first-order chi connectivity index (χ1) is 27.1. The fourth-order valence-corrected chi connectivity index (χ4v) is 8.09. The minimum atomic E-state index is -4.65. The number of benzene rings is 1. The SMILES string of the molecule is Cc1ncnc(C(=O)N2CCC3(CC2)O[C@H](C)c2c3c(=O)n3nc(C4=CCN(C(=O)C5(C#N)CC5)CC4)nc3n2CC(=O)Nc2ccc(C(F)(F)F)cc2Cl)c1O. The molecule has 6 heterocycles. The van der Waals surface area contributed by atoms with Crippen molar-refractivity contribution in [1.29, 1.82) is 5.26 Å². The molecule has 20 heteroatoms. The normalized spacial score (nSPS) is 19.6. The predicted octanol–water partition coefficient (Wildman–Crippen LogP) is 4.15. The van der Waals surface area contributed by atoms with Crippen LogP contribution in [0, 0.1) is 23.7 Å². The molecule has 1 saturated heterocycles. The third-order valence-corrected chi connectivity index (χ3v) is 11.4. The Labute approximate surface area is 326 Å². The number of amides is 3. The average molecular weight is 807 g/mol. The zero-order chi connectivity index (χ0) is 40.6. The maximum Gasteiger partial charge on any atom is 0.416 e. The second-order valence-electron chi connectivity index (χ2n) is 14.7. The Morgan fingerprint density at radius 2 is 1.86 bits per heavy atom. The van der Waals surface area contributed by atoms with E-state index in [2.05, 4.69) is 26.5 Å². The molecule has 3 amide bonds. The fraction of sp³-hybridized carbons (Fsp3) is 0.432. The Bertz CT molecular complexity index is 2520. The van der Waals surface area contributed by atoms with Crippen LogP contribution < -0.4 is 10.9 Å². The molecule has 1 saturated carbocycles. The third-order valence-electron chi connectivity index (χ3n) is 11.1. The monoisotopic (exact) mass is 806 g/mol. The number of likely N-dealkylation sites (tertiary alicyclic amines) is 1. The Morgan fingerprint density at radius 1 is 1.12 bits per heavy atom. The van der Waals surface area contributed by atoms with Gasteiger partial charge in [0, 0.05) is 26.2 Å². The molecule has 2 fully saturated rings. The first kappa shape index (κ1) is 38.0. The van der Waals surface area contributed by atoms with Gasteiger partial charge in [0.15, 0.2) is 17.3 Å². The summed E-state index contributed by atoms with van der Waals surface area (Å²) in [5.41, 5.74) is -2.51. The van der Waals surface area contributed by atoms with Crippen LogP contribution in [0.3, 0.4) is 0 Å². The Balaban J connectivity index is 1.15. The number of fused-ring (bicyclic) bond motifs is 3. The molecule has 1 spiro atoms. The van der Waals surface area contributed by atoms with Gasteiger partial charge in [-0.3, -0.25) is 19.2 Å². The number of anilines is 1. The minimum Gasteiger partial charge on any atom is -0.504 e. The van der Waals surface area contributed by atoms with E-state index in [1.165, 1.54) is 15.8 Å². The summed E-state index contributed by atoms with van der Waals surface area (Å²) in [4.78, 5) is 70.4. The molecule has 296 valence electrons. The van der Waals surface area contributed by atoms with Crippen LogP contribution in [0.2, 0.25) is 5.02 Å². The van der Waals surface area contributed by atoms with Gasteiger partial charge in [-0.05, 0) is 69.7 Å². The van der Waals surface area contributed by atoms with Crippen molar-refractivity contribution in [3.8, 4) is 11.8 Å². The molecule has 8 rings (SSSR count). The maximum absolute atomic E-state index is 14.6. The number of piperidine rings is 1. The van der Waals surface area contributed by atoms with Gasteiger partial charge >= 0.3 is 6.18 Å². The number of hydrogen-bond donors (Lipinski definition) is 2. The van der Waals surface area contributed by atoms with Crippen LogP contribution in [-0.4, -0.2) is 87.9 Å². The number of alkyl halides is 3. The highest BCUT2D eigenvalue weighted by Crippen LogP contribution is 2.49. The Hall–Kier alpha value is -5.87. The summed E-state index contributed by atoms with van der Waals surface area (Å²) >= 11 is 6.15. The summed E-state index contributed by atoms with van der Waals surface area (Å²) in [5.74, 6) is -1.59. The largest absolute Gasteiger partial charge is 0.504 e. The molecule has 1 aliphatic carbocycles. The van der Waals surface area contributed by atoms with E-state index in [9.17, 15) is 42.7 Å². The third kappa shape index (κ3) is 6.45. The number of carbonyl (C=O) groups is 3. The number of rotatable bonds is 6. The highest BCUT2D eigenvalue weighted by Gasteiger charge is 2.53. The summed E-state index contributed by atoms with van der Waals surface area (Å²) < 4.78 is 49.0. The van der Waals surface area contributed by atoms with Crippen LogP contribution in [0.4, 0.5) is 18.9 Å². The van der Waals surface area contributed by atoms with Crippen molar-refractivity contribution >= 4 is 46.4 Å². The van der Waals surface area contributed by atoms with Crippen molar-refractivity contribution in [2.24, 2.45) is 5.41 Å². The lowest BCUT2D eigenvalue weighted by Gasteiger charge is -2.39. The smallest absolute Gasteiger partial charge is 0.416 e. The first-order valence-corrected chi connectivity index (χ1v) is 18.5. The van der Waals surface area contributed by atoms with Crippen LogP contribution >= 0.6 is 11.6 Å². The number of nitrogens with one attached hydrogen (secondary N) is 1. The Morgan fingerprint density at radius 3 is 2.49 bits per heavy atom. The van der Waals surface area contributed by atoms with Crippen LogP contribution in [0.25, 0.3) is 11.4 Å². The Kier molecular flexibility index (Phi) is 9.11. The maximum atomic E-state index is 14.6. The van der Waals surface area contributed by atoms with Gasteiger partial charge in [0.25, 0.3) is 11.5 Å². The van der Waals surface area contributed by atoms with Crippen molar-refractivity contribution in [2.45, 2.75) is 70.4 Å².